The molecule has 2 aromatic heterocycles. The fourth-order valence-electron chi connectivity index (χ4n) is 2.07. The summed E-state index contributed by atoms with van der Waals surface area (Å²) in [5.41, 5.74) is 0.570. The van der Waals surface area contributed by atoms with Gasteiger partial charge in [-0.3, -0.25) is 4.79 Å². The third-order valence-corrected chi connectivity index (χ3v) is 3.82. The maximum Gasteiger partial charge on any atom is 1.00 e. The number of aliphatic carboxylic acids is 1. The Balaban J connectivity index is 0.00000161. The third-order valence-electron chi connectivity index (χ3n) is 2.94. The van der Waals surface area contributed by atoms with Crippen molar-refractivity contribution in [3.05, 3.63) is 57.6 Å². The van der Waals surface area contributed by atoms with Crippen LogP contribution >= 0.6 is 11.3 Å². The summed E-state index contributed by atoms with van der Waals surface area (Å²) in [6.07, 6.45) is -0.284. The van der Waals surface area contributed by atoms with Gasteiger partial charge in [0.2, 0.25) is 0 Å². The van der Waals surface area contributed by atoms with Crippen LogP contribution in [0.1, 0.15) is 5.56 Å². The van der Waals surface area contributed by atoms with E-state index in [4.69, 9.17) is 4.42 Å². The van der Waals surface area contributed by atoms with E-state index < -0.39 is 5.97 Å². The molecule has 0 atom stereocenters. The molecule has 3 aromatic rings. The number of fused-ring (bicyclic) bond motifs is 1. The van der Waals surface area contributed by atoms with Crippen LogP contribution < -0.4 is 40.1 Å². The number of benzene rings is 1. The summed E-state index contributed by atoms with van der Waals surface area (Å²) in [6.45, 7) is 0. The molecule has 0 aliphatic rings. The summed E-state index contributed by atoms with van der Waals surface area (Å²) in [7, 11) is 0. The SMILES string of the molecule is O=C([O-])Cc1cccc2c(=O)cc(-c3cccs3)oc12.[Na+]. The van der Waals surface area contributed by atoms with Crippen molar-refractivity contribution >= 4 is 28.3 Å². The molecule has 3 rings (SSSR count). The summed E-state index contributed by atoms with van der Waals surface area (Å²) in [5.74, 6) is -0.759. The van der Waals surface area contributed by atoms with Crippen LogP contribution in [-0.2, 0) is 11.2 Å². The number of hydrogen-bond acceptors (Lipinski definition) is 5. The minimum Gasteiger partial charge on any atom is -0.550 e. The second-order valence-corrected chi connectivity index (χ2v) is 5.24. The monoisotopic (exact) mass is 308 g/mol. The molecule has 4 nitrogen and oxygen atoms in total. The molecule has 1 aromatic carbocycles. The Bertz CT molecular complexity index is 837. The molecule has 0 spiro atoms. The number of carbonyl (C=O) groups excluding carboxylic acids is 1. The fraction of sp³-hybridized carbons (Fsp3) is 0.0667. The zero-order valence-corrected chi connectivity index (χ0v) is 14.1. The molecule has 0 saturated heterocycles. The number of para-hydroxylation sites is 1. The van der Waals surface area contributed by atoms with E-state index in [-0.39, 0.29) is 41.4 Å². The zero-order chi connectivity index (χ0) is 14.1. The van der Waals surface area contributed by atoms with Gasteiger partial charge in [0.1, 0.15) is 11.3 Å². The Morgan fingerprint density at radius 1 is 1.24 bits per heavy atom. The van der Waals surface area contributed by atoms with Crippen molar-refractivity contribution in [3.63, 3.8) is 0 Å². The van der Waals surface area contributed by atoms with Crippen molar-refractivity contribution in [2.45, 2.75) is 6.42 Å². The van der Waals surface area contributed by atoms with Crippen LogP contribution in [0, 0.1) is 0 Å². The smallest absolute Gasteiger partial charge is 0.550 e. The Morgan fingerprint density at radius 2 is 2.05 bits per heavy atom. The summed E-state index contributed by atoms with van der Waals surface area (Å²) in [5, 5.41) is 13.0. The van der Waals surface area contributed by atoms with Gasteiger partial charge in [-0.25, -0.2) is 0 Å². The average molecular weight is 308 g/mol. The topological polar surface area (TPSA) is 70.3 Å². The van der Waals surface area contributed by atoms with Crippen LogP contribution in [0.3, 0.4) is 0 Å². The fourth-order valence-corrected chi connectivity index (χ4v) is 2.75. The third kappa shape index (κ3) is 3.27. The van der Waals surface area contributed by atoms with Crippen LogP contribution in [-0.4, -0.2) is 5.97 Å². The molecule has 0 aliphatic carbocycles. The van der Waals surface area contributed by atoms with E-state index in [1.54, 1.807) is 18.2 Å². The maximum absolute atomic E-state index is 12.1. The molecule has 0 unspecified atom stereocenters. The van der Waals surface area contributed by atoms with Crippen LogP contribution in [0.4, 0.5) is 0 Å². The second-order valence-electron chi connectivity index (χ2n) is 4.29. The van der Waals surface area contributed by atoms with Crippen molar-refractivity contribution in [3.8, 4) is 10.6 Å². The van der Waals surface area contributed by atoms with E-state index in [1.165, 1.54) is 17.4 Å². The number of carboxylic acid groups (broad SMARTS) is 1. The summed E-state index contributed by atoms with van der Waals surface area (Å²) < 4.78 is 5.74. The molecule has 100 valence electrons. The number of rotatable bonds is 3. The average Bonchev–Trinajstić information content (AvgIpc) is 2.93. The quantitative estimate of drug-likeness (QED) is 0.571. The van der Waals surface area contributed by atoms with E-state index >= 15 is 0 Å². The first kappa shape index (κ1) is 16.0. The van der Waals surface area contributed by atoms with Gasteiger partial charge < -0.3 is 14.3 Å². The summed E-state index contributed by atoms with van der Waals surface area (Å²) in [6, 6.07) is 10.0. The second kappa shape index (κ2) is 6.58. The van der Waals surface area contributed by atoms with Crippen LogP contribution in [0.25, 0.3) is 21.6 Å². The number of thiophene rings is 1. The van der Waals surface area contributed by atoms with E-state index in [2.05, 4.69) is 0 Å². The van der Waals surface area contributed by atoms with Gasteiger partial charge in [-0.05, 0) is 17.5 Å². The van der Waals surface area contributed by atoms with Crippen molar-refractivity contribution in [1.29, 1.82) is 0 Å². The van der Waals surface area contributed by atoms with Gasteiger partial charge in [0, 0.05) is 24.0 Å². The first-order chi connectivity index (χ1) is 9.65. The van der Waals surface area contributed by atoms with Crippen molar-refractivity contribution in [2.24, 2.45) is 0 Å². The largest absolute Gasteiger partial charge is 1.00 e. The van der Waals surface area contributed by atoms with Crippen LogP contribution in [0.2, 0.25) is 0 Å². The van der Waals surface area contributed by atoms with Gasteiger partial charge in [-0.15, -0.1) is 11.3 Å². The summed E-state index contributed by atoms with van der Waals surface area (Å²) >= 11 is 1.45. The normalized spacial score (nSPS) is 10.3. The van der Waals surface area contributed by atoms with E-state index in [0.29, 0.717) is 22.3 Å². The minimum atomic E-state index is -1.21. The molecular formula is C15H9NaO4S. The summed E-state index contributed by atoms with van der Waals surface area (Å²) in [4.78, 5) is 23.7. The molecular weight excluding hydrogens is 299 g/mol. The Labute approximate surface area is 146 Å². The van der Waals surface area contributed by atoms with Gasteiger partial charge in [-0.1, -0.05) is 18.2 Å². The molecule has 21 heavy (non-hydrogen) atoms. The van der Waals surface area contributed by atoms with Gasteiger partial charge in [0.05, 0.1) is 10.3 Å². The van der Waals surface area contributed by atoms with Gasteiger partial charge in [0.25, 0.3) is 0 Å². The molecule has 0 saturated carbocycles. The standard InChI is InChI=1S/C15H10O4S.Na/c16-11-8-12(13-5-2-6-20-13)19-15-9(7-14(17)18)3-1-4-10(11)15;/h1-6,8H,7H2,(H,17,18);/q;+1/p-1. The van der Waals surface area contributed by atoms with Crippen molar-refractivity contribution in [1.82, 2.24) is 0 Å². The Hall–Kier alpha value is -1.40. The molecule has 0 radical (unpaired) electrons. The van der Waals surface area contributed by atoms with Crippen molar-refractivity contribution in [2.75, 3.05) is 0 Å². The van der Waals surface area contributed by atoms with Crippen LogP contribution in [0.15, 0.2) is 51.0 Å². The van der Waals surface area contributed by atoms with E-state index in [9.17, 15) is 14.7 Å². The number of carboxylic acids is 1. The van der Waals surface area contributed by atoms with Crippen molar-refractivity contribution < 1.29 is 43.9 Å². The molecule has 2 heterocycles. The number of hydrogen-bond donors (Lipinski definition) is 0. The first-order valence-corrected chi connectivity index (χ1v) is 6.82. The Morgan fingerprint density at radius 3 is 2.71 bits per heavy atom. The van der Waals surface area contributed by atoms with Crippen LogP contribution in [0.5, 0.6) is 0 Å². The number of carbonyl (C=O) groups is 1. The molecule has 0 bridgehead atoms. The Kier molecular flexibility index (Phi) is 5.00. The predicted molar refractivity (Wildman–Crippen MR) is 74.5 cm³/mol. The molecule has 0 fully saturated rings. The van der Waals surface area contributed by atoms with E-state index in [1.807, 2.05) is 17.5 Å². The molecule has 6 heteroatoms. The minimum absolute atomic E-state index is 0. The van der Waals surface area contributed by atoms with Gasteiger partial charge >= 0.3 is 29.6 Å². The molecule has 0 N–H and O–H groups in total. The van der Waals surface area contributed by atoms with E-state index in [0.717, 1.165) is 4.88 Å². The molecule has 0 aliphatic heterocycles. The maximum atomic E-state index is 12.1. The first-order valence-electron chi connectivity index (χ1n) is 5.94. The molecule has 0 amide bonds. The predicted octanol–water partition coefficient (Wildman–Crippen LogP) is -1.18. The zero-order valence-electron chi connectivity index (χ0n) is 11.3. The van der Waals surface area contributed by atoms with Gasteiger partial charge in [0.15, 0.2) is 5.43 Å². The van der Waals surface area contributed by atoms with Gasteiger partial charge in [-0.2, -0.15) is 0 Å².